The van der Waals surface area contributed by atoms with Crippen LogP contribution < -0.4 is 10.6 Å². The molecule has 0 bridgehead atoms. The molecule has 2 saturated heterocycles. The molecular weight excluding hydrogens is 378 g/mol. The monoisotopic (exact) mass is 397 g/mol. The van der Waals surface area contributed by atoms with Gasteiger partial charge in [0.25, 0.3) is 5.91 Å². The van der Waals surface area contributed by atoms with E-state index in [1.165, 1.54) is 0 Å². The molecule has 5 nitrogen and oxygen atoms in total. The summed E-state index contributed by atoms with van der Waals surface area (Å²) < 4.78 is 0.793. The topological polar surface area (TPSA) is 61.4 Å². The molecule has 0 spiro atoms. The van der Waals surface area contributed by atoms with Crippen LogP contribution in [-0.2, 0) is 4.79 Å². The van der Waals surface area contributed by atoms with Crippen LogP contribution in [0.5, 0.6) is 0 Å². The van der Waals surface area contributed by atoms with Gasteiger partial charge in [0, 0.05) is 29.9 Å². The summed E-state index contributed by atoms with van der Waals surface area (Å²) >= 11 is 5.19. The molecule has 23 heavy (non-hydrogen) atoms. The second-order valence-electron chi connectivity index (χ2n) is 5.89. The fourth-order valence-electron chi connectivity index (χ4n) is 2.94. The summed E-state index contributed by atoms with van der Waals surface area (Å²) in [6.07, 6.45) is 0.788. The second-order valence-corrected chi connectivity index (χ2v) is 7.82. The molecule has 1 aromatic rings. The first-order valence-corrected chi connectivity index (χ1v) is 9.72. The molecule has 0 radical (unpaired) electrons. The Bertz CT molecular complexity index is 592. The van der Waals surface area contributed by atoms with E-state index in [0.717, 1.165) is 35.6 Å². The standard InChI is InChI=1S/C16H20BrN3O2S/c17-13-4-2-1-3-12(13)15(21)19-9-11-7-14(18-8-11)16(22)20-5-6-23-10-20/h1-4,11,14,18H,5-10H2,(H,19,21). The molecule has 0 aromatic heterocycles. The van der Waals surface area contributed by atoms with Crippen molar-refractivity contribution >= 4 is 39.5 Å². The van der Waals surface area contributed by atoms with E-state index in [0.29, 0.717) is 18.0 Å². The zero-order chi connectivity index (χ0) is 16.2. The van der Waals surface area contributed by atoms with Gasteiger partial charge in [0.05, 0.1) is 17.5 Å². The van der Waals surface area contributed by atoms with E-state index < -0.39 is 0 Å². The van der Waals surface area contributed by atoms with Crippen LogP contribution in [0.3, 0.4) is 0 Å². The number of carbonyl (C=O) groups is 2. The third-order valence-corrected chi connectivity index (χ3v) is 5.91. The van der Waals surface area contributed by atoms with E-state index in [4.69, 9.17) is 0 Å². The van der Waals surface area contributed by atoms with E-state index in [1.807, 2.05) is 23.1 Å². The lowest BCUT2D eigenvalue weighted by Crippen LogP contribution is -2.42. The van der Waals surface area contributed by atoms with Crippen molar-refractivity contribution in [3.63, 3.8) is 0 Å². The van der Waals surface area contributed by atoms with Crippen LogP contribution >= 0.6 is 27.7 Å². The van der Waals surface area contributed by atoms with Crippen molar-refractivity contribution in [2.24, 2.45) is 5.92 Å². The lowest BCUT2D eigenvalue weighted by molar-refractivity contribution is -0.131. The summed E-state index contributed by atoms with van der Waals surface area (Å²) in [5, 5.41) is 6.27. The first-order valence-electron chi connectivity index (χ1n) is 7.78. The van der Waals surface area contributed by atoms with Gasteiger partial charge in [0.2, 0.25) is 5.91 Å². The Morgan fingerprint density at radius 3 is 2.96 bits per heavy atom. The minimum atomic E-state index is -0.0981. The number of nitrogens with zero attached hydrogens (tertiary/aromatic N) is 1. The van der Waals surface area contributed by atoms with Crippen molar-refractivity contribution in [3.8, 4) is 0 Å². The highest BCUT2D eigenvalue weighted by Crippen LogP contribution is 2.20. The maximum atomic E-state index is 12.4. The molecule has 2 N–H and O–H groups in total. The normalized spacial score (nSPS) is 24.0. The van der Waals surface area contributed by atoms with E-state index in [9.17, 15) is 9.59 Å². The third-order valence-electron chi connectivity index (χ3n) is 4.25. The number of amides is 2. The lowest BCUT2D eigenvalue weighted by atomic mass is 10.0. The highest BCUT2D eigenvalue weighted by molar-refractivity contribution is 9.10. The summed E-state index contributed by atoms with van der Waals surface area (Å²) in [6, 6.07) is 7.28. The van der Waals surface area contributed by atoms with Crippen molar-refractivity contribution < 1.29 is 9.59 Å². The van der Waals surface area contributed by atoms with Gasteiger partial charge in [0.1, 0.15) is 0 Å². The molecule has 124 valence electrons. The predicted molar refractivity (Wildman–Crippen MR) is 95.4 cm³/mol. The second kappa shape index (κ2) is 7.68. The average molecular weight is 398 g/mol. The first-order chi connectivity index (χ1) is 11.1. The van der Waals surface area contributed by atoms with Gasteiger partial charge in [-0.05, 0) is 40.4 Å². The molecule has 1 aromatic carbocycles. The maximum absolute atomic E-state index is 12.4. The van der Waals surface area contributed by atoms with Crippen LogP contribution in [0.1, 0.15) is 16.8 Å². The number of rotatable bonds is 4. The van der Waals surface area contributed by atoms with Gasteiger partial charge in [-0.1, -0.05) is 12.1 Å². The number of hydrogen-bond acceptors (Lipinski definition) is 4. The molecule has 7 heteroatoms. The summed E-state index contributed by atoms with van der Waals surface area (Å²) in [4.78, 5) is 26.5. The number of thioether (sulfide) groups is 1. The minimum absolute atomic E-state index is 0.0804. The molecule has 0 saturated carbocycles. The highest BCUT2D eigenvalue weighted by Gasteiger charge is 2.33. The van der Waals surface area contributed by atoms with Crippen LogP contribution in [0.15, 0.2) is 28.7 Å². The zero-order valence-electron chi connectivity index (χ0n) is 12.8. The van der Waals surface area contributed by atoms with Crippen molar-refractivity contribution in [1.29, 1.82) is 0 Å². The zero-order valence-corrected chi connectivity index (χ0v) is 15.2. The maximum Gasteiger partial charge on any atom is 0.252 e. The predicted octanol–water partition coefficient (Wildman–Crippen LogP) is 1.69. The molecule has 2 amide bonds. The van der Waals surface area contributed by atoms with Crippen molar-refractivity contribution in [2.45, 2.75) is 12.5 Å². The molecule has 2 aliphatic rings. The highest BCUT2D eigenvalue weighted by atomic mass is 79.9. The number of nitrogens with one attached hydrogen (secondary N) is 2. The Morgan fingerprint density at radius 2 is 2.22 bits per heavy atom. The van der Waals surface area contributed by atoms with Gasteiger partial charge < -0.3 is 15.5 Å². The van der Waals surface area contributed by atoms with Crippen molar-refractivity contribution in [1.82, 2.24) is 15.5 Å². The van der Waals surface area contributed by atoms with E-state index in [2.05, 4.69) is 26.6 Å². The van der Waals surface area contributed by atoms with Crippen LogP contribution in [0.25, 0.3) is 0 Å². The molecule has 2 fully saturated rings. The van der Waals surface area contributed by atoms with Crippen molar-refractivity contribution in [3.05, 3.63) is 34.3 Å². The van der Waals surface area contributed by atoms with E-state index in [1.54, 1.807) is 17.8 Å². The van der Waals surface area contributed by atoms with Crippen LogP contribution in [0, 0.1) is 5.92 Å². The van der Waals surface area contributed by atoms with Gasteiger partial charge >= 0.3 is 0 Å². The largest absolute Gasteiger partial charge is 0.352 e. The average Bonchev–Trinajstić information content (AvgIpc) is 3.24. The summed E-state index contributed by atoms with van der Waals surface area (Å²) in [5.74, 6) is 2.26. The Labute approximate surface area is 148 Å². The lowest BCUT2D eigenvalue weighted by Gasteiger charge is -2.19. The fraction of sp³-hybridized carbons (Fsp3) is 0.500. The van der Waals surface area contributed by atoms with Crippen LogP contribution in [0.4, 0.5) is 0 Å². The van der Waals surface area contributed by atoms with Gasteiger partial charge in [-0.3, -0.25) is 9.59 Å². The summed E-state index contributed by atoms with van der Waals surface area (Å²) in [5.41, 5.74) is 0.639. The Hall–Kier alpha value is -1.05. The number of halogens is 1. The number of carbonyl (C=O) groups excluding carboxylic acids is 2. The number of hydrogen-bond donors (Lipinski definition) is 2. The molecular formula is C16H20BrN3O2S. The Morgan fingerprint density at radius 1 is 1.39 bits per heavy atom. The molecule has 2 heterocycles. The SMILES string of the molecule is O=C(NCC1CNC(C(=O)N2CCSC2)C1)c1ccccc1Br. The molecule has 2 unspecified atom stereocenters. The first kappa shape index (κ1) is 16.8. The molecule has 2 aliphatic heterocycles. The quantitative estimate of drug-likeness (QED) is 0.811. The van der Waals surface area contributed by atoms with Gasteiger partial charge in [-0.25, -0.2) is 0 Å². The Balaban J connectivity index is 1.47. The van der Waals surface area contributed by atoms with Crippen LogP contribution in [-0.4, -0.2) is 54.0 Å². The van der Waals surface area contributed by atoms with E-state index >= 15 is 0 Å². The Kier molecular flexibility index (Phi) is 5.61. The molecule has 0 aliphatic carbocycles. The van der Waals surface area contributed by atoms with Crippen LogP contribution in [0.2, 0.25) is 0 Å². The third kappa shape index (κ3) is 4.08. The minimum Gasteiger partial charge on any atom is -0.352 e. The van der Waals surface area contributed by atoms with Gasteiger partial charge in [-0.15, -0.1) is 11.8 Å². The summed E-state index contributed by atoms with van der Waals surface area (Å²) in [7, 11) is 0. The molecule has 2 atom stereocenters. The smallest absolute Gasteiger partial charge is 0.252 e. The number of benzene rings is 1. The molecule has 3 rings (SSSR count). The fourth-order valence-corrected chi connectivity index (χ4v) is 4.36. The van der Waals surface area contributed by atoms with E-state index in [-0.39, 0.29) is 17.9 Å². The van der Waals surface area contributed by atoms with Crippen molar-refractivity contribution in [2.75, 3.05) is 31.3 Å². The summed E-state index contributed by atoms with van der Waals surface area (Å²) in [6.45, 7) is 2.21. The van der Waals surface area contributed by atoms with Gasteiger partial charge in [-0.2, -0.15) is 0 Å². The van der Waals surface area contributed by atoms with Gasteiger partial charge in [0.15, 0.2) is 0 Å².